The van der Waals surface area contributed by atoms with Gasteiger partial charge in [-0.1, -0.05) is 5.16 Å². The highest BCUT2D eigenvalue weighted by Gasteiger charge is 2.10. The smallest absolute Gasteiger partial charge is 0.407 e. The van der Waals surface area contributed by atoms with Crippen molar-refractivity contribution in [2.24, 2.45) is 0 Å². The third kappa shape index (κ3) is 3.41. The number of aromatic nitrogens is 3. The van der Waals surface area contributed by atoms with Crippen LogP contribution in [0.2, 0.25) is 0 Å². The molecule has 2 heterocycles. The predicted octanol–water partition coefficient (Wildman–Crippen LogP) is 0.671. The molecule has 0 radical (unpaired) electrons. The van der Waals surface area contributed by atoms with Gasteiger partial charge in [-0.2, -0.15) is 4.98 Å². The summed E-state index contributed by atoms with van der Waals surface area (Å²) in [6.07, 6.45) is 0.934. The van der Waals surface area contributed by atoms with E-state index in [-0.39, 0.29) is 30.4 Å². The molecule has 8 heteroatoms. The van der Waals surface area contributed by atoms with Crippen LogP contribution >= 0.6 is 0 Å². The van der Waals surface area contributed by atoms with Crippen LogP contribution in [-0.4, -0.2) is 27.8 Å². The average Bonchev–Trinajstić information content (AvgIpc) is 2.85. The highest BCUT2D eigenvalue weighted by molar-refractivity contribution is 5.66. The molecule has 0 aliphatic rings. The van der Waals surface area contributed by atoms with E-state index < -0.39 is 6.09 Å². The Balaban J connectivity index is 2.03. The Morgan fingerprint density at radius 1 is 1.58 bits per heavy atom. The molecular weight excluding hydrogens is 252 g/mol. The van der Waals surface area contributed by atoms with E-state index in [1.54, 1.807) is 13.0 Å². The molecule has 100 valence electrons. The van der Waals surface area contributed by atoms with Gasteiger partial charge in [0, 0.05) is 17.8 Å². The summed E-state index contributed by atoms with van der Waals surface area (Å²) >= 11 is 0. The first-order valence-electron chi connectivity index (χ1n) is 5.61. The maximum Gasteiger partial charge on any atom is 0.407 e. The Kier molecular flexibility index (Phi) is 3.91. The van der Waals surface area contributed by atoms with Gasteiger partial charge in [0.15, 0.2) is 0 Å². The molecule has 0 aliphatic heterocycles. The van der Waals surface area contributed by atoms with Gasteiger partial charge in [-0.05, 0) is 13.0 Å². The molecule has 0 saturated heterocycles. The zero-order valence-corrected chi connectivity index (χ0v) is 10.2. The molecule has 0 aromatic carbocycles. The summed E-state index contributed by atoms with van der Waals surface area (Å²) in [5.74, 6) is 0.509. The lowest BCUT2D eigenvalue weighted by molar-refractivity contribution is 0.150. The number of rotatable bonds is 4. The molecule has 1 amide bonds. The molecule has 2 aromatic rings. The van der Waals surface area contributed by atoms with E-state index in [0.717, 1.165) is 0 Å². The molecule has 0 fully saturated rings. The lowest BCUT2D eigenvalue weighted by Crippen LogP contribution is -2.23. The van der Waals surface area contributed by atoms with Gasteiger partial charge in [-0.3, -0.25) is 4.79 Å². The topological polar surface area (TPSA) is 110 Å². The van der Waals surface area contributed by atoms with Crippen LogP contribution in [0, 0.1) is 0 Å². The van der Waals surface area contributed by atoms with Gasteiger partial charge in [-0.15, -0.1) is 0 Å². The second-order valence-corrected chi connectivity index (χ2v) is 3.53. The zero-order valence-electron chi connectivity index (χ0n) is 10.2. The molecule has 0 bridgehead atoms. The normalized spacial score (nSPS) is 10.2. The summed E-state index contributed by atoms with van der Waals surface area (Å²) in [6.45, 7) is 2.06. The monoisotopic (exact) mass is 264 g/mol. The second-order valence-electron chi connectivity index (χ2n) is 3.53. The van der Waals surface area contributed by atoms with Crippen LogP contribution < -0.4 is 10.9 Å². The summed E-state index contributed by atoms with van der Waals surface area (Å²) in [5, 5.41) is 6.17. The standard InChI is InChI=1S/C11H12N4O4/c1-2-18-11(17)13-6-9-14-10(15-19-9)7-3-4-12-8(16)5-7/h3-5H,2,6H2,1H3,(H,12,16)(H,13,17). The van der Waals surface area contributed by atoms with E-state index in [1.807, 2.05) is 0 Å². The Labute approximate surface area is 107 Å². The third-order valence-electron chi connectivity index (χ3n) is 2.16. The molecule has 0 aliphatic carbocycles. The molecule has 0 unspecified atom stereocenters. The number of carbonyl (C=O) groups excluding carboxylic acids is 1. The molecule has 0 saturated carbocycles. The van der Waals surface area contributed by atoms with E-state index in [4.69, 9.17) is 4.52 Å². The van der Waals surface area contributed by atoms with Crippen LogP contribution in [0.1, 0.15) is 12.8 Å². The molecule has 2 rings (SSSR count). The van der Waals surface area contributed by atoms with Crippen molar-refractivity contribution in [1.29, 1.82) is 0 Å². The number of nitrogens with zero attached hydrogens (tertiary/aromatic N) is 2. The first kappa shape index (κ1) is 12.8. The molecule has 19 heavy (non-hydrogen) atoms. The van der Waals surface area contributed by atoms with Gasteiger partial charge in [0.2, 0.25) is 17.3 Å². The van der Waals surface area contributed by atoms with Crippen molar-refractivity contribution in [1.82, 2.24) is 20.4 Å². The van der Waals surface area contributed by atoms with Crippen LogP contribution in [0.4, 0.5) is 4.79 Å². The fourth-order valence-corrected chi connectivity index (χ4v) is 1.36. The van der Waals surface area contributed by atoms with E-state index in [9.17, 15) is 9.59 Å². The van der Waals surface area contributed by atoms with Crippen LogP contribution in [0.3, 0.4) is 0 Å². The molecule has 0 atom stereocenters. The molecule has 0 spiro atoms. The number of pyridine rings is 1. The first-order valence-corrected chi connectivity index (χ1v) is 5.61. The number of ether oxygens (including phenoxy) is 1. The molecular formula is C11H12N4O4. The van der Waals surface area contributed by atoms with Gasteiger partial charge in [0.05, 0.1) is 6.61 Å². The van der Waals surface area contributed by atoms with Gasteiger partial charge in [-0.25, -0.2) is 4.79 Å². The summed E-state index contributed by atoms with van der Waals surface area (Å²) < 4.78 is 9.63. The molecule has 8 nitrogen and oxygen atoms in total. The number of alkyl carbamates (subject to hydrolysis) is 1. The third-order valence-corrected chi connectivity index (χ3v) is 2.16. The van der Waals surface area contributed by atoms with E-state index in [0.29, 0.717) is 5.56 Å². The number of hydrogen-bond donors (Lipinski definition) is 2. The van der Waals surface area contributed by atoms with Gasteiger partial charge in [0.1, 0.15) is 6.54 Å². The van der Waals surface area contributed by atoms with Crippen molar-refractivity contribution in [3.8, 4) is 11.4 Å². The summed E-state index contributed by atoms with van der Waals surface area (Å²) in [6, 6.07) is 3.00. The zero-order chi connectivity index (χ0) is 13.7. The summed E-state index contributed by atoms with van der Waals surface area (Å²) in [5.41, 5.74) is 0.281. The van der Waals surface area contributed by atoms with Gasteiger partial charge in [0.25, 0.3) is 0 Å². The minimum atomic E-state index is -0.557. The molecule has 2 N–H and O–H groups in total. The number of amides is 1. The van der Waals surface area contributed by atoms with Crippen LogP contribution in [0.25, 0.3) is 11.4 Å². The van der Waals surface area contributed by atoms with Crippen LogP contribution in [-0.2, 0) is 11.3 Å². The lowest BCUT2D eigenvalue weighted by atomic mass is 10.2. The van der Waals surface area contributed by atoms with Crippen molar-refractivity contribution in [2.45, 2.75) is 13.5 Å². The fourth-order valence-electron chi connectivity index (χ4n) is 1.36. The Bertz CT molecular complexity index is 619. The number of hydrogen-bond acceptors (Lipinski definition) is 6. The van der Waals surface area contributed by atoms with Crippen molar-refractivity contribution >= 4 is 6.09 Å². The summed E-state index contributed by atoms with van der Waals surface area (Å²) in [7, 11) is 0. The predicted molar refractivity (Wildman–Crippen MR) is 64.2 cm³/mol. The van der Waals surface area contributed by atoms with Crippen molar-refractivity contribution in [2.75, 3.05) is 6.61 Å². The van der Waals surface area contributed by atoms with Crippen LogP contribution in [0.15, 0.2) is 27.6 Å². The fraction of sp³-hybridized carbons (Fsp3) is 0.273. The first-order chi connectivity index (χ1) is 9.19. The highest BCUT2D eigenvalue weighted by Crippen LogP contribution is 2.12. The van der Waals surface area contributed by atoms with Gasteiger partial charge >= 0.3 is 6.09 Å². The van der Waals surface area contributed by atoms with Crippen molar-refractivity contribution in [3.63, 3.8) is 0 Å². The summed E-state index contributed by atoms with van der Waals surface area (Å²) in [4.78, 5) is 28.8. The van der Waals surface area contributed by atoms with Crippen molar-refractivity contribution in [3.05, 3.63) is 34.6 Å². The highest BCUT2D eigenvalue weighted by atomic mass is 16.5. The largest absolute Gasteiger partial charge is 0.450 e. The maximum absolute atomic E-state index is 11.1. The number of aromatic amines is 1. The number of nitrogens with one attached hydrogen (secondary N) is 2. The minimum Gasteiger partial charge on any atom is -0.450 e. The van der Waals surface area contributed by atoms with Gasteiger partial charge < -0.3 is 19.6 Å². The van der Waals surface area contributed by atoms with E-state index in [2.05, 4.69) is 25.2 Å². The SMILES string of the molecule is CCOC(=O)NCc1nc(-c2cc[nH]c(=O)c2)no1. The Morgan fingerprint density at radius 2 is 2.42 bits per heavy atom. The van der Waals surface area contributed by atoms with Crippen LogP contribution in [0.5, 0.6) is 0 Å². The molecule has 2 aromatic heterocycles. The Hall–Kier alpha value is -2.64. The average molecular weight is 264 g/mol. The van der Waals surface area contributed by atoms with Crippen molar-refractivity contribution < 1.29 is 14.1 Å². The second kappa shape index (κ2) is 5.80. The quantitative estimate of drug-likeness (QED) is 0.839. The minimum absolute atomic E-state index is 0.0645. The Morgan fingerprint density at radius 3 is 3.16 bits per heavy atom. The van der Waals surface area contributed by atoms with E-state index in [1.165, 1.54) is 12.3 Å². The number of H-pyrrole nitrogens is 1. The number of carbonyl (C=O) groups is 1. The maximum atomic E-state index is 11.1. The lowest BCUT2D eigenvalue weighted by Gasteiger charge is -2.00. The van der Waals surface area contributed by atoms with E-state index >= 15 is 0 Å².